The van der Waals surface area contributed by atoms with E-state index in [4.69, 9.17) is 5.73 Å². The van der Waals surface area contributed by atoms with Gasteiger partial charge in [0.05, 0.1) is 4.90 Å². The van der Waals surface area contributed by atoms with Crippen molar-refractivity contribution in [3.8, 4) is 0 Å². The molecule has 1 atom stereocenters. The maximum atomic E-state index is 11.5. The lowest BCUT2D eigenvalue weighted by Crippen LogP contribution is -2.14. The smallest absolute Gasteiger partial charge is 0.175 e. The molecule has 0 bridgehead atoms. The van der Waals surface area contributed by atoms with Crippen molar-refractivity contribution in [3.05, 3.63) is 29.8 Å². The normalized spacial score (nSPS) is 19.0. The fourth-order valence-electron chi connectivity index (χ4n) is 2.72. The van der Waals surface area contributed by atoms with Gasteiger partial charge in [-0.3, -0.25) is 0 Å². The highest BCUT2D eigenvalue weighted by atomic mass is 32.2. The molecule has 2 rings (SSSR count). The van der Waals surface area contributed by atoms with Crippen LogP contribution in [-0.4, -0.2) is 14.7 Å². The first-order valence-corrected chi connectivity index (χ1v) is 8.41. The van der Waals surface area contributed by atoms with Crippen LogP contribution in [0.25, 0.3) is 0 Å². The van der Waals surface area contributed by atoms with Crippen LogP contribution in [0.2, 0.25) is 0 Å². The Kier molecular flexibility index (Phi) is 4.07. The SMILES string of the molecule is CS(=O)(=O)c1cccc(C(N)CC2CCCC2)c1. The predicted molar refractivity (Wildman–Crippen MR) is 73.1 cm³/mol. The molecule has 0 spiro atoms. The molecule has 1 aromatic rings. The van der Waals surface area contributed by atoms with E-state index < -0.39 is 9.84 Å². The van der Waals surface area contributed by atoms with Crippen LogP contribution in [-0.2, 0) is 9.84 Å². The van der Waals surface area contributed by atoms with Crippen molar-refractivity contribution in [2.45, 2.75) is 43.0 Å². The molecule has 3 nitrogen and oxygen atoms in total. The molecule has 0 radical (unpaired) electrons. The molecular formula is C14H21NO2S. The summed E-state index contributed by atoms with van der Waals surface area (Å²) < 4.78 is 23.0. The molecule has 4 heteroatoms. The van der Waals surface area contributed by atoms with Crippen molar-refractivity contribution in [3.63, 3.8) is 0 Å². The summed E-state index contributed by atoms with van der Waals surface area (Å²) in [5.41, 5.74) is 7.13. The summed E-state index contributed by atoms with van der Waals surface area (Å²) in [5.74, 6) is 0.710. The lowest BCUT2D eigenvalue weighted by molar-refractivity contribution is 0.450. The molecule has 1 aliphatic rings. The monoisotopic (exact) mass is 267 g/mol. The van der Waals surface area contributed by atoms with E-state index in [0.717, 1.165) is 12.0 Å². The van der Waals surface area contributed by atoms with Crippen LogP contribution in [0.3, 0.4) is 0 Å². The average Bonchev–Trinajstić information content (AvgIpc) is 2.81. The third-order valence-electron chi connectivity index (χ3n) is 3.78. The van der Waals surface area contributed by atoms with Crippen molar-refractivity contribution in [1.29, 1.82) is 0 Å². The van der Waals surface area contributed by atoms with Gasteiger partial charge in [-0.15, -0.1) is 0 Å². The number of rotatable bonds is 4. The van der Waals surface area contributed by atoms with Crippen LogP contribution < -0.4 is 5.73 Å². The number of nitrogens with two attached hydrogens (primary N) is 1. The minimum absolute atomic E-state index is 0.0465. The zero-order valence-corrected chi connectivity index (χ0v) is 11.6. The standard InChI is InChI=1S/C14H21NO2S/c1-18(16,17)13-8-4-7-12(10-13)14(15)9-11-5-2-3-6-11/h4,7-8,10-11,14H,2-3,5-6,9,15H2,1H3. The molecule has 1 aromatic carbocycles. The molecule has 0 aromatic heterocycles. The number of hydrogen-bond donors (Lipinski definition) is 1. The van der Waals surface area contributed by atoms with Crippen molar-refractivity contribution >= 4 is 9.84 Å². The highest BCUT2D eigenvalue weighted by Gasteiger charge is 2.19. The van der Waals surface area contributed by atoms with Crippen LogP contribution in [0.15, 0.2) is 29.2 Å². The van der Waals surface area contributed by atoms with Crippen molar-refractivity contribution in [2.24, 2.45) is 11.7 Å². The van der Waals surface area contributed by atoms with Crippen LogP contribution in [0, 0.1) is 5.92 Å². The summed E-state index contributed by atoms with van der Waals surface area (Å²) >= 11 is 0. The van der Waals surface area contributed by atoms with E-state index in [9.17, 15) is 8.42 Å². The minimum Gasteiger partial charge on any atom is -0.324 e. The van der Waals surface area contributed by atoms with E-state index in [-0.39, 0.29) is 6.04 Å². The second-order valence-corrected chi connectivity index (χ2v) is 7.35. The second-order valence-electron chi connectivity index (χ2n) is 5.34. The van der Waals surface area contributed by atoms with Gasteiger partial charge in [0, 0.05) is 12.3 Å². The van der Waals surface area contributed by atoms with Gasteiger partial charge in [-0.1, -0.05) is 37.8 Å². The van der Waals surface area contributed by atoms with Gasteiger partial charge in [-0.05, 0) is 30.0 Å². The maximum absolute atomic E-state index is 11.5. The summed E-state index contributed by atoms with van der Waals surface area (Å²) in [7, 11) is -3.14. The third-order valence-corrected chi connectivity index (χ3v) is 4.89. The number of benzene rings is 1. The first-order valence-electron chi connectivity index (χ1n) is 6.52. The van der Waals surface area contributed by atoms with E-state index in [0.29, 0.717) is 10.8 Å². The van der Waals surface area contributed by atoms with Crippen LogP contribution in [0.4, 0.5) is 0 Å². The molecular weight excluding hydrogens is 246 g/mol. The quantitative estimate of drug-likeness (QED) is 0.912. The Morgan fingerprint density at radius 3 is 2.61 bits per heavy atom. The summed E-state index contributed by atoms with van der Waals surface area (Å²) in [4.78, 5) is 0.363. The van der Waals surface area contributed by atoms with E-state index in [1.165, 1.54) is 31.9 Å². The Morgan fingerprint density at radius 2 is 2.00 bits per heavy atom. The maximum Gasteiger partial charge on any atom is 0.175 e. The van der Waals surface area contributed by atoms with E-state index >= 15 is 0 Å². The van der Waals surface area contributed by atoms with Crippen molar-refractivity contribution < 1.29 is 8.42 Å². The highest BCUT2D eigenvalue weighted by Crippen LogP contribution is 2.32. The average molecular weight is 267 g/mol. The molecule has 100 valence electrons. The Labute approximate surface area is 109 Å². The molecule has 0 amide bonds. The number of sulfone groups is 1. The molecule has 0 aliphatic heterocycles. The van der Waals surface area contributed by atoms with Gasteiger partial charge in [0.15, 0.2) is 9.84 Å². The molecule has 1 saturated carbocycles. The van der Waals surface area contributed by atoms with Gasteiger partial charge >= 0.3 is 0 Å². The first kappa shape index (κ1) is 13.6. The Balaban J connectivity index is 2.12. The number of hydrogen-bond acceptors (Lipinski definition) is 3. The minimum atomic E-state index is -3.14. The van der Waals surface area contributed by atoms with Crippen LogP contribution in [0.5, 0.6) is 0 Å². The van der Waals surface area contributed by atoms with Crippen molar-refractivity contribution in [1.82, 2.24) is 0 Å². The van der Waals surface area contributed by atoms with E-state index in [2.05, 4.69) is 0 Å². The molecule has 2 N–H and O–H groups in total. The Hall–Kier alpha value is -0.870. The van der Waals surface area contributed by atoms with Gasteiger partial charge in [0.25, 0.3) is 0 Å². The summed E-state index contributed by atoms with van der Waals surface area (Å²) in [5, 5.41) is 0. The van der Waals surface area contributed by atoms with Crippen molar-refractivity contribution in [2.75, 3.05) is 6.26 Å². The van der Waals surface area contributed by atoms with Gasteiger partial charge < -0.3 is 5.73 Å². The molecule has 1 fully saturated rings. The zero-order chi connectivity index (χ0) is 13.2. The van der Waals surface area contributed by atoms with E-state index in [1.807, 2.05) is 6.07 Å². The topological polar surface area (TPSA) is 60.2 Å². The van der Waals surface area contributed by atoms with Gasteiger partial charge in [-0.2, -0.15) is 0 Å². The van der Waals surface area contributed by atoms with Crippen LogP contribution >= 0.6 is 0 Å². The molecule has 1 aliphatic carbocycles. The lowest BCUT2D eigenvalue weighted by atomic mass is 9.94. The second kappa shape index (κ2) is 5.41. The first-order chi connectivity index (χ1) is 8.47. The molecule has 18 heavy (non-hydrogen) atoms. The Morgan fingerprint density at radius 1 is 1.33 bits per heavy atom. The predicted octanol–water partition coefficient (Wildman–Crippen LogP) is 2.67. The van der Waals surface area contributed by atoms with Gasteiger partial charge in [-0.25, -0.2) is 8.42 Å². The summed E-state index contributed by atoms with van der Waals surface area (Å²) in [6.07, 6.45) is 7.34. The zero-order valence-electron chi connectivity index (χ0n) is 10.8. The van der Waals surface area contributed by atoms with E-state index in [1.54, 1.807) is 18.2 Å². The fraction of sp³-hybridized carbons (Fsp3) is 0.571. The summed E-state index contributed by atoms with van der Waals surface area (Å²) in [6.45, 7) is 0. The molecule has 0 heterocycles. The largest absolute Gasteiger partial charge is 0.324 e. The van der Waals surface area contributed by atoms with Gasteiger partial charge in [0.2, 0.25) is 0 Å². The Bertz CT molecular complexity index is 504. The third kappa shape index (κ3) is 3.33. The van der Waals surface area contributed by atoms with Crippen LogP contribution in [0.1, 0.15) is 43.7 Å². The molecule has 1 unspecified atom stereocenters. The molecule has 0 saturated heterocycles. The van der Waals surface area contributed by atoms with Gasteiger partial charge in [0.1, 0.15) is 0 Å². The summed E-state index contributed by atoms with van der Waals surface area (Å²) in [6, 6.07) is 7.00. The fourth-order valence-corrected chi connectivity index (χ4v) is 3.39. The highest BCUT2D eigenvalue weighted by molar-refractivity contribution is 7.90. The lowest BCUT2D eigenvalue weighted by Gasteiger charge is -2.17.